The number of aliphatic hydroxyl groups excluding tert-OH is 1. The number of carbonyl (C=O) groups is 1. The first kappa shape index (κ1) is 30.5. The molecule has 42 heavy (non-hydrogen) atoms. The second-order valence-electron chi connectivity index (χ2n) is 12.9. The fraction of sp³-hybridized carbons (Fsp3) is 0.606. The van der Waals surface area contributed by atoms with Crippen molar-refractivity contribution in [3.63, 3.8) is 0 Å². The topological polar surface area (TPSA) is 64.0 Å². The number of aromatic nitrogens is 1. The van der Waals surface area contributed by atoms with Crippen LogP contribution in [-0.2, 0) is 11.3 Å². The zero-order chi connectivity index (χ0) is 29.2. The Labute approximate surface area is 266 Å². The van der Waals surface area contributed by atoms with Gasteiger partial charge in [-0.15, -0.1) is 0 Å². The molecule has 0 radical (unpaired) electrons. The van der Waals surface area contributed by atoms with E-state index in [0.717, 1.165) is 85.2 Å². The lowest BCUT2D eigenvalue weighted by Crippen LogP contribution is -2.49. The monoisotopic (exact) mass is 701 g/mol. The van der Waals surface area contributed by atoms with E-state index in [0.29, 0.717) is 30.8 Å². The van der Waals surface area contributed by atoms with Gasteiger partial charge in [0.25, 0.3) is 0 Å². The first-order valence-electron chi connectivity index (χ1n) is 15.8. The van der Waals surface area contributed by atoms with E-state index in [1.165, 1.54) is 30.0 Å². The highest BCUT2D eigenvalue weighted by Crippen LogP contribution is 2.41. The number of rotatable bonds is 11. The van der Waals surface area contributed by atoms with E-state index in [2.05, 4.69) is 99.9 Å². The molecule has 1 amide bonds. The summed E-state index contributed by atoms with van der Waals surface area (Å²) in [5.74, 6) is 1.69. The van der Waals surface area contributed by atoms with Crippen molar-refractivity contribution < 1.29 is 9.90 Å². The molecule has 7 nitrogen and oxygen atoms in total. The van der Waals surface area contributed by atoms with Gasteiger partial charge in [0, 0.05) is 89.0 Å². The molecule has 0 spiro atoms. The summed E-state index contributed by atoms with van der Waals surface area (Å²) < 4.78 is 4.40. The molecule has 2 saturated heterocycles. The summed E-state index contributed by atoms with van der Waals surface area (Å²) in [5, 5.41) is 16.8. The molecule has 4 atom stereocenters. The van der Waals surface area contributed by atoms with Crippen LogP contribution in [0.5, 0.6) is 0 Å². The standard InChI is InChI=1S/C33H45Br2N5O2/c1-37-19-23-5-6-24(20-37)32(23)33(42)36-11-3-2-4-12-38-13-15-39(16-14-38)21-27(41)22-40-30-9-7-25(34)17-28(30)29-18-26(35)8-10-31(29)40/h7-10,17-18,23-24,27,32,41H,2-6,11-16,19-22H2,1H3,(H,36,42)/t23-,24+,27?,32?. The maximum atomic E-state index is 12.8. The van der Waals surface area contributed by atoms with Crippen molar-refractivity contribution in [2.45, 2.75) is 44.8 Å². The van der Waals surface area contributed by atoms with Crippen LogP contribution in [0.15, 0.2) is 45.3 Å². The van der Waals surface area contributed by atoms with E-state index in [-0.39, 0.29) is 5.92 Å². The number of halogens is 2. The van der Waals surface area contributed by atoms with Crippen LogP contribution in [0, 0.1) is 17.8 Å². The molecule has 9 heteroatoms. The van der Waals surface area contributed by atoms with Gasteiger partial charge in [0.1, 0.15) is 0 Å². The Bertz CT molecular complexity index is 1310. The highest BCUT2D eigenvalue weighted by atomic mass is 79.9. The van der Waals surface area contributed by atoms with E-state index >= 15 is 0 Å². The summed E-state index contributed by atoms with van der Waals surface area (Å²) in [5.41, 5.74) is 2.31. The molecule has 2 unspecified atom stereocenters. The van der Waals surface area contributed by atoms with E-state index < -0.39 is 6.10 Å². The quantitative estimate of drug-likeness (QED) is 0.270. The second-order valence-corrected chi connectivity index (χ2v) is 14.8. The highest BCUT2D eigenvalue weighted by molar-refractivity contribution is 9.10. The summed E-state index contributed by atoms with van der Waals surface area (Å²) >= 11 is 7.24. The molecule has 228 valence electrons. The van der Waals surface area contributed by atoms with Crippen molar-refractivity contribution >= 4 is 59.6 Å². The highest BCUT2D eigenvalue weighted by Gasteiger charge is 2.44. The average molecular weight is 704 g/mol. The summed E-state index contributed by atoms with van der Waals surface area (Å²) in [6.45, 7) is 9.49. The van der Waals surface area contributed by atoms with Crippen LogP contribution in [0.3, 0.4) is 0 Å². The van der Waals surface area contributed by atoms with Crippen molar-refractivity contribution in [3.05, 3.63) is 45.3 Å². The van der Waals surface area contributed by atoms with Gasteiger partial charge in [-0.2, -0.15) is 0 Å². The molecule has 2 bridgehead atoms. The minimum absolute atomic E-state index is 0.253. The first-order valence-corrected chi connectivity index (χ1v) is 17.4. The molecule has 6 rings (SSSR count). The number of amides is 1. The number of nitrogens with zero attached hydrogens (tertiary/aromatic N) is 4. The average Bonchev–Trinajstić information content (AvgIpc) is 3.41. The van der Waals surface area contributed by atoms with Crippen molar-refractivity contribution in [1.82, 2.24) is 24.6 Å². The fourth-order valence-corrected chi connectivity index (χ4v) is 8.58. The van der Waals surface area contributed by atoms with Gasteiger partial charge in [-0.05, 0) is 87.5 Å². The van der Waals surface area contributed by atoms with Gasteiger partial charge in [0.15, 0.2) is 0 Å². The minimum atomic E-state index is -0.428. The number of fused-ring (bicyclic) bond motifs is 5. The van der Waals surface area contributed by atoms with Crippen molar-refractivity contribution in [1.29, 1.82) is 0 Å². The number of nitrogens with one attached hydrogen (secondary N) is 1. The molecule has 2 aromatic carbocycles. The largest absolute Gasteiger partial charge is 0.390 e. The molecule has 3 aromatic rings. The van der Waals surface area contributed by atoms with Crippen molar-refractivity contribution in [2.24, 2.45) is 17.8 Å². The number of hydrogen-bond acceptors (Lipinski definition) is 5. The van der Waals surface area contributed by atoms with E-state index in [1.807, 2.05) is 0 Å². The van der Waals surface area contributed by atoms with E-state index in [9.17, 15) is 9.90 Å². The molecular formula is C33H45Br2N5O2. The molecule has 1 aliphatic carbocycles. The van der Waals surface area contributed by atoms with Gasteiger partial charge >= 0.3 is 0 Å². The molecule has 1 aromatic heterocycles. The van der Waals surface area contributed by atoms with Crippen LogP contribution in [0.1, 0.15) is 32.1 Å². The van der Waals surface area contributed by atoms with Gasteiger partial charge in [0.2, 0.25) is 5.91 Å². The van der Waals surface area contributed by atoms with Gasteiger partial charge in [-0.25, -0.2) is 0 Å². The lowest BCUT2D eigenvalue weighted by Gasteiger charge is -2.35. The van der Waals surface area contributed by atoms with Crippen LogP contribution >= 0.6 is 31.9 Å². The molecule has 3 heterocycles. The number of unbranched alkanes of at least 4 members (excludes halogenated alkanes) is 2. The maximum Gasteiger partial charge on any atom is 0.223 e. The predicted molar refractivity (Wildman–Crippen MR) is 178 cm³/mol. The summed E-state index contributed by atoms with van der Waals surface area (Å²) in [6.07, 6.45) is 5.41. The molecular weight excluding hydrogens is 658 g/mol. The number of piperazine rings is 1. The number of aliphatic hydroxyl groups is 1. The lowest BCUT2D eigenvalue weighted by molar-refractivity contribution is -0.129. The number of likely N-dealkylation sites (tertiary alicyclic amines) is 1. The van der Waals surface area contributed by atoms with E-state index in [1.54, 1.807) is 0 Å². The number of piperidine rings is 1. The number of carbonyl (C=O) groups excluding carboxylic acids is 1. The zero-order valence-corrected chi connectivity index (χ0v) is 28.0. The third-order valence-electron chi connectivity index (χ3n) is 9.89. The Balaban J connectivity index is 0.897. The van der Waals surface area contributed by atoms with Crippen LogP contribution in [0.25, 0.3) is 21.8 Å². The van der Waals surface area contributed by atoms with Crippen molar-refractivity contribution in [3.8, 4) is 0 Å². The summed E-state index contributed by atoms with van der Waals surface area (Å²) in [4.78, 5) is 20.2. The maximum absolute atomic E-state index is 12.8. The van der Waals surface area contributed by atoms with Crippen LogP contribution in [0.2, 0.25) is 0 Å². The van der Waals surface area contributed by atoms with Crippen molar-refractivity contribution in [2.75, 3.05) is 66.0 Å². The van der Waals surface area contributed by atoms with Gasteiger partial charge < -0.3 is 24.8 Å². The van der Waals surface area contributed by atoms with Gasteiger partial charge in [0.05, 0.1) is 12.6 Å². The zero-order valence-electron chi connectivity index (χ0n) is 24.8. The number of β-amino-alcohol motifs (C(OH)–C–C–N with tert-alkyl or cyclic N) is 1. The molecule has 1 saturated carbocycles. The predicted octanol–water partition coefficient (Wildman–Crippen LogP) is 5.17. The van der Waals surface area contributed by atoms with Gasteiger partial charge in [-0.1, -0.05) is 38.3 Å². The van der Waals surface area contributed by atoms with Crippen LogP contribution in [0.4, 0.5) is 0 Å². The van der Waals surface area contributed by atoms with Crippen LogP contribution < -0.4 is 5.32 Å². The molecule has 3 aliphatic rings. The van der Waals surface area contributed by atoms with Crippen LogP contribution in [-0.4, -0.2) is 102 Å². The Morgan fingerprint density at radius 2 is 1.48 bits per heavy atom. The third-order valence-corrected chi connectivity index (χ3v) is 10.9. The Hall–Kier alpha value is -1.49. The third kappa shape index (κ3) is 6.92. The lowest BCUT2D eigenvalue weighted by atomic mass is 9.84. The Kier molecular flexibility index (Phi) is 9.93. The second kappa shape index (κ2) is 13.7. The fourth-order valence-electron chi connectivity index (χ4n) is 7.86. The Morgan fingerprint density at radius 1 is 0.881 bits per heavy atom. The number of hydrogen-bond donors (Lipinski definition) is 2. The normalized spacial score (nSPS) is 24.5. The minimum Gasteiger partial charge on any atom is -0.390 e. The molecule has 2 aliphatic heterocycles. The van der Waals surface area contributed by atoms with Gasteiger partial charge in [-0.3, -0.25) is 9.69 Å². The number of benzene rings is 2. The first-order chi connectivity index (χ1) is 20.4. The Morgan fingerprint density at radius 3 is 2.10 bits per heavy atom. The van der Waals surface area contributed by atoms with E-state index in [4.69, 9.17) is 0 Å². The summed E-state index contributed by atoms with van der Waals surface area (Å²) in [7, 11) is 2.19. The molecule has 3 fully saturated rings. The SMILES string of the molecule is CN1C[C@H]2CC[C@@H](C1)C2C(=O)NCCCCCN1CCN(CC(O)Cn2c3ccc(Br)cc3c3cc(Br)ccc32)CC1. The molecule has 2 N–H and O–H groups in total. The summed E-state index contributed by atoms with van der Waals surface area (Å²) in [6, 6.07) is 12.8. The smallest absolute Gasteiger partial charge is 0.223 e.